The molecule has 0 radical (unpaired) electrons. The van der Waals surface area contributed by atoms with Gasteiger partial charge < -0.3 is 35.2 Å². The van der Waals surface area contributed by atoms with Crippen LogP contribution in [0.15, 0.2) is 36.4 Å². The molecule has 6 amide bonds. The molecule has 0 unspecified atom stereocenters. The van der Waals surface area contributed by atoms with Crippen molar-refractivity contribution in [2.45, 2.75) is 150 Å². The average Bonchev–Trinajstić information content (AvgIpc) is 3.71. The van der Waals surface area contributed by atoms with E-state index >= 15 is 0 Å². The highest BCUT2D eigenvalue weighted by atomic mass is 16.6. The van der Waals surface area contributed by atoms with Crippen LogP contribution in [0.1, 0.15) is 107 Å². The van der Waals surface area contributed by atoms with Crippen LogP contribution in [0.25, 0.3) is 0 Å². The lowest BCUT2D eigenvalue weighted by molar-refractivity contribution is -0.148. The van der Waals surface area contributed by atoms with E-state index in [1.54, 1.807) is 68.3 Å². The zero-order chi connectivity index (χ0) is 48.4. The Hall–Kier alpha value is -4.38. The first-order valence-corrected chi connectivity index (χ1v) is 22.9. The number of benzene rings is 1. The molecule has 0 spiro atoms. The summed E-state index contributed by atoms with van der Waals surface area (Å²) in [5, 5.41) is 8.82. The van der Waals surface area contributed by atoms with E-state index in [1.807, 2.05) is 74.4 Å². The van der Waals surface area contributed by atoms with Crippen molar-refractivity contribution in [1.82, 2.24) is 30.8 Å². The summed E-state index contributed by atoms with van der Waals surface area (Å²) < 4.78 is 12.1. The molecule has 64 heavy (non-hydrogen) atoms. The fourth-order valence-electron chi connectivity index (χ4n) is 8.73. The maximum absolute atomic E-state index is 14.3. The summed E-state index contributed by atoms with van der Waals surface area (Å²) >= 11 is 0. The molecule has 1 aromatic carbocycles. The highest BCUT2D eigenvalue weighted by molar-refractivity contribution is 5.90. The van der Waals surface area contributed by atoms with Crippen molar-refractivity contribution in [1.29, 1.82) is 0 Å². The Kier molecular flexibility index (Phi) is 23.7. The minimum absolute atomic E-state index is 0.00329. The van der Waals surface area contributed by atoms with Gasteiger partial charge in [0, 0.05) is 52.5 Å². The van der Waals surface area contributed by atoms with Gasteiger partial charge in [0.05, 0.1) is 49.3 Å². The first-order valence-electron chi connectivity index (χ1n) is 22.9. The molecule has 1 aliphatic rings. The molecule has 0 aromatic heterocycles. The van der Waals surface area contributed by atoms with E-state index in [2.05, 4.69) is 21.4 Å². The van der Waals surface area contributed by atoms with Gasteiger partial charge in [-0.3, -0.25) is 38.5 Å². The van der Waals surface area contributed by atoms with Gasteiger partial charge in [0.15, 0.2) is 0 Å². The Morgan fingerprint density at radius 1 is 0.875 bits per heavy atom. The van der Waals surface area contributed by atoms with E-state index < -0.39 is 48.2 Å². The van der Waals surface area contributed by atoms with Crippen molar-refractivity contribution in [2.75, 3.05) is 47.2 Å². The standard InChI is InChI=1S/C48H81N7O9/c1-16-32(8)44(54(13)48(61)42(30(4)5)51-47(60)43(31(6)7)53(11)12)39(62-14)27-41(58)55-25-17-18-38(55)45(63-15)33(9)46(59)50-37(26-29(2)3)23-24-40(57)52-64-28-35-19-21-36(22-20-35)49-34(10)56/h19-24,29-33,37-39,42-45H,16-18,25-28H2,1-15H3,(H,49,56)(H,50,59)(H,51,60)(H,52,57)/b24-23+/t32-,33+,37+,38-,39+,42-,43-,44-,45+/m0/s1. The fourth-order valence-corrected chi connectivity index (χ4v) is 8.73. The number of rotatable bonds is 26. The Morgan fingerprint density at radius 3 is 2.03 bits per heavy atom. The molecular formula is C48H81N7O9. The van der Waals surface area contributed by atoms with Crippen LogP contribution in [0.5, 0.6) is 0 Å². The topological polar surface area (TPSA) is 188 Å². The molecule has 9 atom stereocenters. The van der Waals surface area contributed by atoms with E-state index in [-0.39, 0.29) is 72.3 Å². The minimum atomic E-state index is -0.781. The quantitative estimate of drug-likeness (QED) is 0.0734. The first-order chi connectivity index (χ1) is 30.1. The van der Waals surface area contributed by atoms with Gasteiger partial charge in [-0.05, 0) is 74.7 Å². The maximum atomic E-state index is 14.3. The number of carbonyl (C=O) groups is 6. The van der Waals surface area contributed by atoms with Crippen molar-refractivity contribution < 1.29 is 43.1 Å². The number of likely N-dealkylation sites (tertiary alicyclic amines) is 1. The Morgan fingerprint density at radius 2 is 1.52 bits per heavy atom. The van der Waals surface area contributed by atoms with Crippen molar-refractivity contribution >= 4 is 41.1 Å². The summed E-state index contributed by atoms with van der Waals surface area (Å²) in [6.45, 7) is 19.7. The SMILES string of the molecule is CC[C@H](C)[C@@H]([C@@H](CC(=O)N1CCC[C@H]1[C@H](OC)[C@@H](C)C(=O)N[C@H](/C=C/C(=O)NOCc1ccc(NC(C)=O)cc1)CC(C)C)OC)N(C)C(=O)[C@@H](NC(=O)[C@H](C(C)C)N(C)C)C(C)C. The van der Waals surface area contributed by atoms with Gasteiger partial charge in [0.25, 0.3) is 5.91 Å². The molecule has 16 heteroatoms. The van der Waals surface area contributed by atoms with Crippen LogP contribution in [0.4, 0.5) is 5.69 Å². The van der Waals surface area contributed by atoms with Crippen molar-refractivity contribution in [3.63, 3.8) is 0 Å². The van der Waals surface area contributed by atoms with Crippen LogP contribution in [0.3, 0.4) is 0 Å². The molecule has 362 valence electrons. The van der Waals surface area contributed by atoms with E-state index in [0.29, 0.717) is 25.1 Å². The van der Waals surface area contributed by atoms with Gasteiger partial charge in [-0.1, -0.05) is 86.9 Å². The highest BCUT2D eigenvalue weighted by Gasteiger charge is 2.43. The highest BCUT2D eigenvalue weighted by Crippen LogP contribution is 2.30. The van der Waals surface area contributed by atoms with E-state index in [1.165, 1.54) is 13.0 Å². The predicted octanol–water partition coefficient (Wildman–Crippen LogP) is 4.93. The summed E-state index contributed by atoms with van der Waals surface area (Å²) in [5.41, 5.74) is 3.85. The van der Waals surface area contributed by atoms with Crippen LogP contribution in [-0.2, 0) is 49.7 Å². The summed E-state index contributed by atoms with van der Waals surface area (Å²) in [7, 11) is 8.53. The largest absolute Gasteiger partial charge is 0.379 e. The lowest BCUT2D eigenvalue weighted by atomic mass is 9.89. The number of ether oxygens (including phenoxy) is 2. The third-order valence-electron chi connectivity index (χ3n) is 12.2. The summed E-state index contributed by atoms with van der Waals surface area (Å²) in [6.07, 6.45) is 4.37. The van der Waals surface area contributed by atoms with Crippen LogP contribution in [0, 0.1) is 29.6 Å². The van der Waals surface area contributed by atoms with Crippen molar-refractivity contribution in [3.05, 3.63) is 42.0 Å². The lowest BCUT2D eigenvalue weighted by Crippen LogP contribution is -2.59. The summed E-state index contributed by atoms with van der Waals surface area (Å²) in [5.74, 6) is -2.21. The number of methoxy groups -OCH3 is 2. The monoisotopic (exact) mass is 900 g/mol. The van der Waals surface area contributed by atoms with Gasteiger partial charge in [-0.2, -0.15) is 0 Å². The molecular weight excluding hydrogens is 819 g/mol. The Bertz CT molecular complexity index is 1680. The number of anilines is 1. The van der Waals surface area contributed by atoms with Gasteiger partial charge in [0.1, 0.15) is 6.04 Å². The molecule has 1 fully saturated rings. The molecule has 0 saturated carbocycles. The van der Waals surface area contributed by atoms with E-state index in [9.17, 15) is 28.8 Å². The Labute approximate surface area is 383 Å². The molecule has 1 aliphatic heterocycles. The minimum Gasteiger partial charge on any atom is -0.379 e. The Balaban J connectivity index is 2.19. The molecule has 16 nitrogen and oxygen atoms in total. The van der Waals surface area contributed by atoms with Crippen LogP contribution in [0.2, 0.25) is 0 Å². The third kappa shape index (κ3) is 16.9. The zero-order valence-corrected chi connectivity index (χ0v) is 41.4. The molecule has 1 aromatic rings. The summed E-state index contributed by atoms with van der Waals surface area (Å²) in [6, 6.07) is 4.53. The number of amides is 6. The van der Waals surface area contributed by atoms with E-state index in [0.717, 1.165) is 18.4 Å². The lowest BCUT2D eigenvalue weighted by Gasteiger charge is -2.41. The second-order valence-corrected chi connectivity index (χ2v) is 18.7. The third-order valence-corrected chi connectivity index (χ3v) is 12.2. The fraction of sp³-hybridized carbons (Fsp3) is 0.708. The van der Waals surface area contributed by atoms with Gasteiger partial charge in [0.2, 0.25) is 29.5 Å². The van der Waals surface area contributed by atoms with Crippen molar-refractivity contribution in [2.24, 2.45) is 29.6 Å². The first kappa shape index (κ1) is 55.8. The smallest absolute Gasteiger partial charge is 0.267 e. The second kappa shape index (κ2) is 27.2. The normalized spacial score (nSPS) is 18.0. The molecule has 1 saturated heterocycles. The number of carbonyl (C=O) groups excluding carboxylic acids is 6. The number of likely N-dealkylation sites (N-methyl/N-ethyl adjacent to an activating group) is 2. The van der Waals surface area contributed by atoms with E-state index in [4.69, 9.17) is 14.3 Å². The molecule has 0 aliphatic carbocycles. The number of hydrogen-bond donors (Lipinski definition) is 4. The van der Waals surface area contributed by atoms with Crippen LogP contribution in [-0.4, -0.2) is 134 Å². The zero-order valence-electron chi connectivity index (χ0n) is 41.4. The number of hydroxylamine groups is 1. The maximum Gasteiger partial charge on any atom is 0.267 e. The van der Waals surface area contributed by atoms with Gasteiger partial charge in [-0.15, -0.1) is 0 Å². The number of nitrogens with one attached hydrogen (secondary N) is 4. The van der Waals surface area contributed by atoms with Crippen molar-refractivity contribution in [3.8, 4) is 0 Å². The van der Waals surface area contributed by atoms with Crippen LogP contribution < -0.4 is 21.4 Å². The van der Waals surface area contributed by atoms with Gasteiger partial charge >= 0.3 is 0 Å². The molecule has 0 bridgehead atoms. The number of nitrogens with zero attached hydrogens (tertiary/aromatic N) is 3. The predicted molar refractivity (Wildman–Crippen MR) is 249 cm³/mol. The summed E-state index contributed by atoms with van der Waals surface area (Å²) in [4.78, 5) is 90.7. The average molecular weight is 900 g/mol. The van der Waals surface area contributed by atoms with Gasteiger partial charge in [-0.25, -0.2) is 5.48 Å². The molecule has 2 rings (SSSR count). The second-order valence-electron chi connectivity index (χ2n) is 18.7. The number of hydrogen-bond acceptors (Lipinski definition) is 10. The molecule has 1 heterocycles. The van der Waals surface area contributed by atoms with Crippen LogP contribution >= 0.6 is 0 Å². The molecule has 4 N–H and O–H groups in total.